The van der Waals surface area contributed by atoms with E-state index in [1.807, 2.05) is 36.1 Å². The number of rotatable bonds is 8. The molecule has 0 atom stereocenters. The fraction of sp³-hybridized carbons (Fsp3) is 0.520. The summed E-state index contributed by atoms with van der Waals surface area (Å²) in [4.78, 5) is 38.2. The molecule has 2 aromatic rings. The average Bonchev–Trinajstić information content (AvgIpc) is 2.88. The van der Waals surface area contributed by atoms with E-state index in [1.54, 1.807) is 0 Å². The third kappa shape index (κ3) is 5.48. The molecule has 0 aliphatic carbocycles. The molecule has 10 nitrogen and oxygen atoms in total. The highest BCUT2D eigenvalue weighted by atomic mass is 16.5. The van der Waals surface area contributed by atoms with Gasteiger partial charge in [-0.15, -0.1) is 0 Å². The van der Waals surface area contributed by atoms with Crippen LogP contribution in [-0.4, -0.2) is 65.0 Å². The number of nitrogens with two attached hydrogens (primary N) is 2. The van der Waals surface area contributed by atoms with Gasteiger partial charge in [-0.3, -0.25) is 14.5 Å². The molecule has 4 rings (SSSR count). The van der Waals surface area contributed by atoms with E-state index in [0.717, 1.165) is 37.2 Å². The minimum atomic E-state index is -0.608. The molecule has 0 saturated carbocycles. The molecule has 10 heteroatoms. The molecular formula is C25H35N7O3. The molecular weight excluding hydrogens is 446 g/mol. The van der Waals surface area contributed by atoms with E-state index < -0.39 is 5.54 Å². The van der Waals surface area contributed by atoms with Crippen LogP contribution < -0.4 is 26.4 Å². The SMILES string of the molecule is CCOc1ccc(CNC(=O)c2cnc(N3CCC(C(N)=O)(N4CCCCC4)CC3)nc2N)cc1. The van der Waals surface area contributed by atoms with Gasteiger partial charge in [-0.05, 0) is 63.4 Å². The topological polar surface area (TPSA) is 140 Å². The van der Waals surface area contributed by atoms with Gasteiger partial charge in [-0.2, -0.15) is 4.98 Å². The molecule has 2 amide bonds. The van der Waals surface area contributed by atoms with Crippen molar-refractivity contribution in [1.82, 2.24) is 20.2 Å². The summed E-state index contributed by atoms with van der Waals surface area (Å²) in [7, 11) is 0. The second kappa shape index (κ2) is 10.9. The monoisotopic (exact) mass is 481 g/mol. The van der Waals surface area contributed by atoms with Gasteiger partial charge in [0, 0.05) is 25.8 Å². The van der Waals surface area contributed by atoms with Crippen LogP contribution in [0.5, 0.6) is 5.75 Å². The highest BCUT2D eigenvalue weighted by Crippen LogP contribution is 2.32. The van der Waals surface area contributed by atoms with Gasteiger partial charge in [0.2, 0.25) is 11.9 Å². The number of hydrogen-bond acceptors (Lipinski definition) is 8. The van der Waals surface area contributed by atoms with Gasteiger partial charge in [-0.1, -0.05) is 18.6 Å². The highest BCUT2D eigenvalue weighted by molar-refractivity contribution is 5.98. The third-order valence-corrected chi connectivity index (χ3v) is 7.03. The van der Waals surface area contributed by atoms with Gasteiger partial charge in [-0.25, -0.2) is 4.98 Å². The number of hydrogen-bond donors (Lipinski definition) is 3. The van der Waals surface area contributed by atoms with Crippen LogP contribution in [0.2, 0.25) is 0 Å². The molecule has 0 bridgehead atoms. The van der Waals surface area contributed by atoms with E-state index in [9.17, 15) is 9.59 Å². The van der Waals surface area contributed by atoms with Gasteiger partial charge in [0.1, 0.15) is 17.1 Å². The number of primary amides is 1. The van der Waals surface area contributed by atoms with Crippen molar-refractivity contribution < 1.29 is 14.3 Å². The Morgan fingerprint density at radius 3 is 2.37 bits per heavy atom. The first kappa shape index (κ1) is 24.7. The average molecular weight is 482 g/mol. The zero-order chi connectivity index (χ0) is 24.8. The predicted molar refractivity (Wildman–Crippen MR) is 134 cm³/mol. The summed E-state index contributed by atoms with van der Waals surface area (Å²) in [5.41, 5.74) is 12.6. The number of amides is 2. The normalized spacial score (nSPS) is 18.1. The summed E-state index contributed by atoms with van der Waals surface area (Å²) in [5.74, 6) is 0.792. The lowest BCUT2D eigenvalue weighted by Crippen LogP contribution is -2.63. The van der Waals surface area contributed by atoms with E-state index >= 15 is 0 Å². The van der Waals surface area contributed by atoms with Crippen molar-refractivity contribution in [3.63, 3.8) is 0 Å². The summed E-state index contributed by atoms with van der Waals surface area (Å²) in [6.45, 7) is 5.91. The maximum absolute atomic E-state index is 12.7. The number of nitrogens with zero attached hydrogens (tertiary/aromatic N) is 4. The molecule has 0 spiro atoms. The van der Waals surface area contributed by atoms with Gasteiger partial charge >= 0.3 is 0 Å². The van der Waals surface area contributed by atoms with Crippen LogP contribution in [0.15, 0.2) is 30.5 Å². The van der Waals surface area contributed by atoms with Crippen molar-refractivity contribution in [2.24, 2.45) is 5.73 Å². The summed E-state index contributed by atoms with van der Waals surface area (Å²) in [6.07, 6.45) is 6.10. The first-order valence-electron chi connectivity index (χ1n) is 12.4. The maximum Gasteiger partial charge on any atom is 0.256 e. The Bertz CT molecular complexity index is 1030. The predicted octanol–water partition coefficient (Wildman–Crippen LogP) is 1.70. The Balaban J connectivity index is 1.36. The first-order valence-corrected chi connectivity index (χ1v) is 12.4. The lowest BCUT2D eigenvalue weighted by atomic mass is 9.83. The highest BCUT2D eigenvalue weighted by Gasteiger charge is 2.45. The minimum Gasteiger partial charge on any atom is -0.494 e. The van der Waals surface area contributed by atoms with E-state index in [2.05, 4.69) is 20.2 Å². The number of anilines is 2. The number of nitrogen functional groups attached to an aromatic ring is 1. The lowest BCUT2D eigenvalue weighted by Gasteiger charge is -2.48. The van der Waals surface area contributed by atoms with Gasteiger partial charge in [0.05, 0.1) is 12.2 Å². The van der Waals surface area contributed by atoms with Crippen molar-refractivity contribution in [3.05, 3.63) is 41.6 Å². The number of aromatic nitrogens is 2. The Morgan fingerprint density at radius 2 is 1.77 bits per heavy atom. The molecule has 1 aromatic carbocycles. The summed E-state index contributed by atoms with van der Waals surface area (Å²) in [5, 5.41) is 2.86. The molecule has 188 valence electrons. The Morgan fingerprint density at radius 1 is 1.09 bits per heavy atom. The molecule has 2 fully saturated rings. The zero-order valence-corrected chi connectivity index (χ0v) is 20.3. The largest absolute Gasteiger partial charge is 0.494 e. The molecule has 0 unspecified atom stereocenters. The maximum atomic E-state index is 12.7. The number of carbonyl (C=O) groups excluding carboxylic acids is 2. The van der Waals surface area contributed by atoms with Crippen molar-refractivity contribution in [2.75, 3.05) is 43.4 Å². The standard InChI is InChI=1S/C25H35N7O3/c1-2-35-19-8-6-18(7-9-19)16-28-22(33)20-17-29-24(30-21(20)26)31-14-10-25(11-15-31,23(27)34)32-12-4-3-5-13-32/h6-9,17H,2-5,10-16H2,1H3,(H2,27,34)(H,28,33)(H2,26,29,30). The Hall–Kier alpha value is -3.40. The molecule has 3 heterocycles. The summed E-state index contributed by atoms with van der Waals surface area (Å²) >= 11 is 0. The fourth-order valence-electron chi connectivity index (χ4n) is 4.98. The number of benzene rings is 1. The van der Waals surface area contributed by atoms with E-state index in [1.165, 1.54) is 12.6 Å². The molecule has 2 aliphatic heterocycles. The van der Waals surface area contributed by atoms with Crippen LogP contribution in [0.3, 0.4) is 0 Å². The van der Waals surface area contributed by atoms with Crippen LogP contribution in [0, 0.1) is 0 Å². The molecule has 5 N–H and O–H groups in total. The molecule has 2 aliphatic rings. The van der Waals surface area contributed by atoms with Crippen LogP contribution in [0.4, 0.5) is 11.8 Å². The summed E-state index contributed by atoms with van der Waals surface area (Å²) in [6, 6.07) is 7.54. The molecule has 2 saturated heterocycles. The third-order valence-electron chi connectivity index (χ3n) is 7.03. The zero-order valence-electron chi connectivity index (χ0n) is 20.3. The number of nitrogens with one attached hydrogen (secondary N) is 1. The van der Waals surface area contributed by atoms with Crippen LogP contribution in [0.1, 0.15) is 54.9 Å². The van der Waals surface area contributed by atoms with E-state index in [0.29, 0.717) is 45.0 Å². The van der Waals surface area contributed by atoms with Gasteiger partial charge in [0.25, 0.3) is 5.91 Å². The Labute approximate surface area is 206 Å². The second-order valence-electron chi connectivity index (χ2n) is 9.16. The van der Waals surface area contributed by atoms with Crippen LogP contribution in [0.25, 0.3) is 0 Å². The fourth-order valence-corrected chi connectivity index (χ4v) is 4.98. The van der Waals surface area contributed by atoms with Crippen molar-refractivity contribution in [3.8, 4) is 5.75 Å². The smallest absolute Gasteiger partial charge is 0.256 e. The van der Waals surface area contributed by atoms with Crippen LogP contribution in [-0.2, 0) is 11.3 Å². The minimum absolute atomic E-state index is 0.127. The number of piperidine rings is 2. The number of ether oxygens (including phenoxy) is 1. The molecule has 35 heavy (non-hydrogen) atoms. The quantitative estimate of drug-likeness (QED) is 0.518. The van der Waals surface area contributed by atoms with E-state index in [-0.39, 0.29) is 23.2 Å². The van der Waals surface area contributed by atoms with E-state index in [4.69, 9.17) is 16.2 Å². The van der Waals surface area contributed by atoms with Crippen LogP contribution >= 0.6 is 0 Å². The Kier molecular flexibility index (Phi) is 7.70. The van der Waals surface area contributed by atoms with Gasteiger partial charge < -0.3 is 26.4 Å². The first-order chi connectivity index (χ1) is 16.9. The lowest BCUT2D eigenvalue weighted by molar-refractivity contribution is -0.132. The number of likely N-dealkylation sites (tertiary alicyclic amines) is 1. The summed E-state index contributed by atoms with van der Waals surface area (Å²) < 4.78 is 5.44. The number of carbonyl (C=O) groups is 2. The van der Waals surface area contributed by atoms with Gasteiger partial charge in [0.15, 0.2) is 0 Å². The van der Waals surface area contributed by atoms with Crippen molar-refractivity contribution >= 4 is 23.6 Å². The second-order valence-corrected chi connectivity index (χ2v) is 9.16. The van der Waals surface area contributed by atoms with Crippen molar-refractivity contribution in [2.45, 2.75) is 51.1 Å². The molecule has 1 aromatic heterocycles. The molecule has 0 radical (unpaired) electrons. The van der Waals surface area contributed by atoms with Crippen molar-refractivity contribution in [1.29, 1.82) is 0 Å².